The van der Waals surface area contributed by atoms with Crippen LogP contribution in [0.5, 0.6) is 0 Å². The third-order valence-corrected chi connectivity index (χ3v) is 6.57. The molecule has 0 saturated carbocycles. The lowest BCUT2D eigenvalue weighted by atomic mass is 10.0. The predicted octanol–water partition coefficient (Wildman–Crippen LogP) is 4.00. The number of nitrogens with one attached hydrogen (secondary N) is 1. The number of pyridine rings is 1. The van der Waals surface area contributed by atoms with Crippen LogP contribution in [0.3, 0.4) is 0 Å². The van der Waals surface area contributed by atoms with Crippen LogP contribution >= 0.6 is 11.3 Å². The number of carbonyl (C=O) groups is 2. The van der Waals surface area contributed by atoms with Gasteiger partial charge in [0.1, 0.15) is 5.01 Å². The van der Waals surface area contributed by atoms with Crippen molar-refractivity contribution < 1.29 is 9.59 Å². The Morgan fingerprint density at radius 1 is 1.19 bits per heavy atom. The van der Waals surface area contributed by atoms with Crippen LogP contribution in [0.15, 0.2) is 48.1 Å². The zero-order valence-corrected chi connectivity index (χ0v) is 18.6. The Hall–Kier alpha value is -3.06. The van der Waals surface area contributed by atoms with E-state index in [1.807, 2.05) is 28.5 Å². The van der Waals surface area contributed by atoms with Gasteiger partial charge in [0.2, 0.25) is 11.8 Å². The van der Waals surface area contributed by atoms with Gasteiger partial charge in [-0.1, -0.05) is 32.0 Å². The largest absolute Gasteiger partial charge is 0.350 e. The summed E-state index contributed by atoms with van der Waals surface area (Å²) in [6, 6.07) is 10.0. The lowest BCUT2D eigenvalue weighted by Gasteiger charge is -2.23. The number of anilines is 1. The number of carbonyl (C=O) groups excluding carboxylic acids is 2. The molecule has 0 spiro atoms. The molecule has 3 heterocycles. The summed E-state index contributed by atoms with van der Waals surface area (Å²) in [7, 11) is 0. The SMILES string of the molecule is CCc1cccc(CC)c1N1CC(C(=O)NCc2csc(-c3cccnc3)n2)CC1=O. The molecule has 2 amide bonds. The van der Waals surface area contributed by atoms with Crippen molar-refractivity contribution in [3.05, 3.63) is 64.9 Å². The first kappa shape index (κ1) is 21.2. The average molecular weight is 435 g/mol. The van der Waals surface area contributed by atoms with Gasteiger partial charge in [0.15, 0.2) is 0 Å². The zero-order chi connectivity index (χ0) is 21.8. The third kappa shape index (κ3) is 4.51. The number of thiazole rings is 1. The second-order valence-corrected chi connectivity index (χ2v) is 8.50. The highest BCUT2D eigenvalue weighted by Crippen LogP contribution is 2.32. The van der Waals surface area contributed by atoms with Crippen molar-refractivity contribution in [2.45, 2.75) is 39.7 Å². The van der Waals surface area contributed by atoms with Gasteiger partial charge in [-0.3, -0.25) is 14.6 Å². The maximum Gasteiger partial charge on any atom is 0.227 e. The predicted molar refractivity (Wildman–Crippen MR) is 123 cm³/mol. The first-order valence-corrected chi connectivity index (χ1v) is 11.5. The monoisotopic (exact) mass is 434 g/mol. The standard InChI is InChI=1S/C24H26N4O2S/c1-3-16-7-5-8-17(4-2)22(16)28-14-19(11-21(28)29)23(30)26-13-20-15-31-24(27-20)18-9-6-10-25-12-18/h5-10,12,15,19H,3-4,11,13-14H2,1-2H3,(H,26,30). The Bertz CT molecular complexity index is 1060. The molecule has 160 valence electrons. The molecule has 1 saturated heterocycles. The maximum atomic E-state index is 12.8. The number of aryl methyl sites for hydroxylation is 2. The van der Waals surface area contributed by atoms with Gasteiger partial charge in [0.05, 0.1) is 18.2 Å². The fraction of sp³-hybridized carbons (Fsp3) is 0.333. The number of nitrogens with zero attached hydrogens (tertiary/aromatic N) is 3. The van der Waals surface area contributed by atoms with E-state index >= 15 is 0 Å². The fourth-order valence-corrected chi connectivity index (χ4v) is 4.80. The second kappa shape index (κ2) is 9.39. The van der Waals surface area contributed by atoms with Crippen LogP contribution in [-0.2, 0) is 29.0 Å². The minimum absolute atomic E-state index is 0.0169. The molecule has 0 aliphatic carbocycles. The normalized spacial score (nSPS) is 16.0. The minimum Gasteiger partial charge on any atom is -0.350 e. The fourth-order valence-electron chi connectivity index (χ4n) is 3.99. The van der Waals surface area contributed by atoms with Crippen molar-refractivity contribution in [2.75, 3.05) is 11.4 Å². The molecule has 1 aliphatic rings. The average Bonchev–Trinajstić information content (AvgIpc) is 3.44. The molecular weight excluding hydrogens is 408 g/mol. The molecule has 2 aromatic heterocycles. The minimum atomic E-state index is -0.349. The van der Waals surface area contributed by atoms with E-state index in [2.05, 4.69) is 41.3 Å². The first-order chi connectivity index (χ1) is 15.1. The number of para-hydroxylation sites is 1. The van der Waals surface area contributed by atoms with Crippen LogP contribution in [0.2, 0.25) is 0 Å². The molecule has 1 aromatic carbocycles. The zero-order valence-electron chi connectivity index (χ0n) is 17.8. The summed E-state index contributed by atoms with van der Waals surface area (Å²) in [5.41, 5.74) is 5.07. The molecule has 3 aromatic rings. The number of hydrogen-bond donors (Lipinski definition) is 1. The summed E-state index contributed by atoms with van der Waals surface area (Å²) in [5, 5.41) is 5.79. The van der Waals surface area contributed by atoms with E-state index in [9.17, 15) is 9.59 Å². The van der Waals surface area contributed by atoms with Crippen molar-refractivity contribution in [1.29, 1.82) is 0 Å². The number of amides is 2. The molecule has 1 atom stereocenters. The van der Waals surface area contributed by atoms with Gasteiger partial charge in [0, 0.05) is 42.0 Å². The van der Waals surface area contributed by atoms with Crippen molar-refractivity contribution in [2.24, 2.45) is 5.92 Å². The Kier molecular flexibility index (Phi) is 6.42. The maximum absolute atomic E-state index is 12.8. The van der Waals surface area contributed by atoms with Crippen LogP contribution in [0.1, 0.15) is 37.1 Å². The van der Waals surface area contributed by atoms with Gasteiger partial charge in [-0.15, -0.1) is 11.3 Å². The molecule has 1 unspecified atom stereocenters. The lowest BCUT2D eigenvalue weighted by molar-refractivity contribution is -0.126. The highest BCUT2D eigenvalue weighted by molar-refractivity contribution is 7.13. The number of aromatic nitrogens is 2. The summed E-state index contributed by atoms with van der Waals surface area (Å²) in [6.45, 7) is 4.96. The van der Waals surface area contributed by atoms with E-state index < -0.39 is 0 Å². The lowest BCUT2D eigenvalue weighted by Crippen LogP contribution is -2.33. The number of benzene rings is 1. The van der Waals surface area contributed by atoms with Gasteiger partial charge in [0.25, 0.3) is 0 Å². The molecule has 0 radical (unpaired) electrons. The van der Waals surface area contributed by atoms with Crippen LogP contribution in [0.4, 0.5) is 5.69 Å². The van der Waals surface area contributed by atoms with Crippen molar-refractivity contribution in [3.63, 3.8) is 0 Å². The molecule has 7 heteroatoms. The highest BCUT2D eigenvalue weighted by Gasteiger charge is 2.36. The Labute approximate surface area is 186 Å². The topological polar surface area (TPSA) is 75.2 Å². The molecule has 0 bridgehead atoms. The Morgan fingerprint density at radius 2 is 1.97 bits per heavy atom. The molecule has 1 fully saturated rings. The molecule has 6 nitrogen and oxygen atoms in total. The van der Waals surface area contributed by atoms with E-state index in [4.69, 9.17) is 0 Å². The smallest absolute Gasteiger partial charge is 0.227 e. The van der Waals surface area contributed by atoms with Crippen molar-refractivity contribution >= 4 is 28.8 Å². The third-order valence-electron chi connectivity index (χ3n) is 5.63. The van der Waals surface area contributed by atoms with Crippen LogP contribution in [0.25, 0.3) is 10.6 Å². The summed E-state index contributed by atoms with van der Waals surface area (Å²) >= 11 is 1.53. The molecule has 1 N–H and O–H groups in total. The second-order valence-electron chi connectivity index (χ2n) is 7.64. The number of hydrogen-bond acceptors (Lipinski definition) is 5. The molecular formula is C24H26N4O2S. The molecule has 4 rings (SSSR count). The van der Waals surface area contributed by atoms with Crippen molar-refractivity contribution in [3.8, 4) is 10.6 Å². The Balaban J connectivity index is 1.41. The van der Waals surface area contributed by atoms with Crippen LogP contribution in [0, 0.1) is 5.92 Å². The summed E-state index contributed by atoms with van der Waals surface area (Å²) < 4.78 is 0. The van der Waals surface area contributed by atoms with E-state index in [0.29, 0.717) is 13.1 Å². The Morgan fingerprint density at radius 3 is 2.65 bits per heavy atom. The summed E-state index contributed by atoms with van der Waals surface area (Å²) in [6.07, 6.45) is 5.45. The summed E-state index contributed by atoms with van der Waals surface area (Å²) in [5.74, 6) is -0.430. The van der Waals surface area contributed by atoms with Crippen LogP contribution < -0.4 is 10.2 Å². The van der Waals surface area contributed by atoms with E-state index in [1.54, 1.807) is 12.4 Å². The summed E-state index contributed by atoms with van der Waals surface area (Å²) in [4.78, 5) is 36.1. The van der Waals surface area contributed by atoms with Gasteiger partial charge >= 0.3 is 0 Å². The van der Waals surface area contributed by atoms with Gasteiger partial charge in [-0.05, 0) is 36.1 Å². The van der Waals surface area contributed by atoms with Gasteiger partial charge in [-0.2, -0.15) is 0 Å². The van der Waals surface area contributed by atoms with Gasteiger partial charge in [-0.25, -0.2) is 4.98 Å². The molecule has 31 heavy (non-hydrogen) atoms. The van der Waals surface area contributed by atoms with Gasteiger partial charge < -0.3 is 10.2 Å². The van der Waals surface area contributed by atoms with Crippen LogP contribution in [-0.4, -0.2) is 28.3 Å². The van der Waals surface area contributed by atoms with E-state index in [-0.39, 0.29) is 24.2 Å². The van der Waals surface area contributed by atoms with E-state index in [1.165, 1.54) is 11.3 Å². The first-order valence-electron chi connectivity index (χ1n) is 10.6. The molecule has 1 aliphatic heterocycles. The highest BCUT2D eigenvalue weighted by atomic mass is 32.1. The van der Waals surface area contributed by atoms with E-state index in [0.717, 1.165) is 45.9 Å². The quantitative estimate of drug-likeness (QED) is 0.610. The number of rotatable bonds is 7. The van der Waals surface area contributed by atoms with Crippen molar-refractivity contribution in [1.82, 2.24) is 15.3 Å².